The highest BCUT2D eigenvalue weighted by molar-refractivity contribution is 5.89. The number of morpholine rings is 1. The van der Waals surface area contributed by atoms with Crippen molar-refractivity contribution >= 4 is 11.7 Å². The van der Waals surface area contributed by atoms with Gasteiger partial charge in [0.05, 0.1) is 31.1 Å². The van der Waals surface area contributed by atoms with Gasteiger partial charge < -0.3 is 19.4 Å². The predicted octanol–water partition coefficient (Wildman–Crippen LogP) is 3.36. The second-order valence-corrected chi connectivity index (χ2v) is 6.95. The smallest absolute Gasteiger partial charge is 0.322 e. The molecule has 7 heteroatoms. The molecular formula is C18H24N4O3. The Bertz CT molecular complexity index is 749. The molecule has 1 N–H and O–H groups in total. The van der Waals surface area contributed by atoms with Crippen molar-refractivity contribution in [3.8, 4) is 0 Å². The van der Waals surface area contributed by atoms with E-state index in [2.05, 4.69) is 17.3 Å². The van der Waals surface area contributed by atoms with Gasteiger partial charge in [-0.2, -0.15) is 5.10 Å². The fourth-order valence-corrected chi connectivity index (χ4v) is 3.33. The van der Waals surface area contributed by atoms with Crippen molar-refractivity contribution in [1.82, 2.24) is 14.7 Å². The van der Waals surface area contributed by atoms with Crippen molar-refractivity contribution in [3.05, 3.63) is 36.0 Å². The lowest BCUT2D eigenvalue weighted by atomic mass is 10.2. The van der Waals surface area contributed by atoms with Crippen molar-refractivity contribution in [2.24, 2.45) is 5.92 Å². The molecule has 134 valence electrons. The van der Waals surface area contributed by atoms with E-state index in [1.54, 1.807) is 11.1 Å². The molecule has 1 aliphatic carbocycles. The minimum atomic E-state index is -0.206. The first-order valence-corrected chi connectivity index (χ1v) is 8.87. The van der Waals surface area contributed by atoms with Gasteiger partial charge in [0.2, 0.25) is 0 Å². The third-order valence-electron chi connectivity index (χ3n) is 5.05. The maximum Gasteiger partial charge on any atom is 0.322 e. The molecule has 1 aliphatic heterocycles. The lowest BCUT2D eigenvalue weighted by Gasteiger charge is -2.34. The fourth-order valence-electron chi connectivity index (χ4n) is 3.33. The molecule has 2 aromatic rings. The van der Waals surface area contributed by atoms with Crippen LogP contribution in [0.1, 0.15) is 43.4 Å². The van der Waals surface area contributed by atoms with E-state index in [-0.39, 0.29) is 12.1 Å². The summed E-state index contributed by atoms with van der Waals surface area (Å²) in [6.45, 7) is 5.57. The summed E-state index contributed by atoms with van der Waals surface area (Å²) in [7, 11) is 0. The van der Waals surface area contributed by atoms with E-state index in [1.165, 1.54) is 12.8 Å². The van der Waals surface area contributed by atoms with E-state index in [4.69, 9.17) is 9.15 Å². The Labute approximate surface area is 146 Å². The molecule has 4 rings (SSSR count). The summed E-state index contributed by atoms with van der Waals surface area (Å²) in [5, 5.41) is 7.36. The summed E-state index contributed by atoms with van der Waals surface area (Å²) < 4.78 is 13.2. The van der Waals surface area contributed by atoms with Crippen LogP contribution in [0.3, 0.4) is 0 Å². The molecule has 2 aromatic heterocycles. The quantitative estimate of drug-likeness (QED) is 0.923. The van der Waals surface area contributed by atoms with Crippen LogP contribution in [0.4, 0.5) is 10.5 Å². The number of hydrogen-bond donors (Lipinski definition) is 1. The van der Waals surface area contributed by atoms with Crippen LogP contribution in [0.2, 0.25) is 0 Å². The molecule has 2 amide bonds. The van der Waals surface area contributed by atoms with Gasteiger partial charge in [-0.1, -0.05) is 0 Å². The Kier molecular flexibility index (Phi) is 4.25. The van der Waals surface area contributed by atoms with Gasteiger partial charge in [0.25, 0.3) is 0 Å². The van der Waals surface area contributed by atoms with Crippen molar-refractivity contribution in [2.45, 2.75) is 38.8 Å². The molecule has 0 bridgehead atoms. The SMILES string of the molecule is Cc1ccc(C2COCCN2C(=O)Nc2cnn(C(C)C3CC3)c2)o1. The largest absolute Gasteiger partial charge is 0.464 e. The number of hydrogen-bond acceptors (Lipinski definition) is 4. The van der Waals surface area contributed by atoms with Crippen LogP contribution in [0.15, 0.2) is 28.9 Å². The zero-order valence-electron chi connectivity index (χ0n) is 14.6. The summed E-state index contributed by atoms with van der Waals surface area (Å²) in [4.78, 5) is 14.5. The summed E-state index contributed by atoms with van der Waals surface area (Å²) in [6, 6.07) is 3.84. The number of furan rings is 1. The normalized spacial score (nSPS) is 22.0. The first kappa shape index (κ1) is 16.2. The number of aromatic nitrogens is 2. The Balaban J connectivity index is 1.45. The minimum Gasteiger partial charge on any atom is -0.464 e. The van der Waals surface area contributed by atoms with E-state index in [1.807, 2.05) is 29.9 Å². The number of urea groups is 1. The van der Waals surface area contributed by atoms with Gasteiger partial charge in [0.15, 0.2) is 0 Å². The molecule has 2 aliphatic rings. The van der Waals surface area contributed by atoms with Gasteiger partial charge in [-0.05, 0) is 44.7 Å². The van der Waals surface area contributed by atoms with Gasteiger partial charge in [0.1, 0.15) is 17.6 Å². The van der Waals surface area contributed by atoms with E-state index < -0.39 is 0 Å². The maximum atomic E-state index is 12.8. The topological polar surface area (TPSA) is 72.5 Å². The molecule has 7 nitrogen and oxygen atoms in total. The molecule has 1 saturated heterocycles. The number of rotatable bonds is 4. The van der Waals surface area contributed by atoms with Gasteiger partial charge >= 0.3 is 6.03 Å². The lowest BCUT2D eigenvalue weighted by Crippen LogP contribution is -2.45. The average molecular weight is 344 g/mol. The zero-order chi connectivity index (χ0) is 17.4. The van der Waals surface area contributed by atoms with Crippen molar-refractivity contribution in [1.29, 1.82) is 0 Å². The van der Waals surface area contributed by atoms with Crippen LogP contribution in [0.5, 0.6) is 0 Å². The summed E-state index contributed by atoms with van der Waals surface area (Å²) in [5.41, 5.74) is 0.721. The number of anilines is 1. The maximum absolute atomic E-state index is 12.8. The van der Waals surface area contributed by atoms with Gasteiger partial charge in [-0.15, -0.1) is 0 Å². The second-order valence-electron chi connectivity index (χ2n) is 6.95. The molecule has 0 aromatic carbocycles. The van der Waals surface area contributed by atoms with Gasteiger partial charge in [-0.25, -0.2) is 4.79 Å². The third kappa shape index (κ3) is 3.42. The summed E-state index contributed by atoms with van der Waals surface area (Å²) in [6.07, 6.45) is 6.15. The Morgan fingerprint density at radius 1 is 1.40 bits per heavy atom. The monoisotopic (exact) mass is 344 g/mol. The van der Waals surface area contributed by atoms with Crippen molar-refractivity contribution in [3.63, 3.8) is 0 Å². The van der Waals surface area contributed by atoms with Gasteiger partial charge in [-0.3, -0.25) is 4.68 Å². The fraction of sp³-hybridized carbons (Fsp3) is 0.556. The number of nitrogens with one attached hydrogen (secondary N) is 1. The first-order valence-electron chi connectivity index (χ1n) is 8.87. The third-order valence-corrected chi connectivity index (χ3v) is 5.05. The Morgan fingerprint density at radius 2 is 2.24 bits per heavy atom. The Morgan fingerprint density at radius 3 is 2.96 bits per heavy atom. The molecule has 2 atom stereocenters. The van der Waals surface area contributed by atoms with Crippen LogP contribution in [0.25, 0.3) is 0 Å². The summed E-state index contributed by atoms with van der Waals surface area (Å²) in [5.74, 6) is 2.30. The summed E-state index contributed by atoms with van der Waals surface area (Å²) >= 11 is 0. The molecule has 25 heavy (non-hydrogen) atoms. The molecule has 2 unspecified atom stereocenters. The highest BCUT2D eigenvalue weighted by Gasteiger charge is 2.32. The Hall–Kier alpha value is -2.28. The average Bonchev–Trinajstić information content (AvgIpc) is 3.22. The lowest BCUT2D eigenvalue weighted by molar-refractivity contribution is 0.00710. The number of aryl methyl sites for hydroxylation is 1. The molecule has 3 heterocycles. The van der Waals surface area contributed by atoms with Gasteiger partial charge in [0, 0.05) is 12.7 Å². The van der Waals surface area contributed by atoms with Crippen LogP contribution in [-0.4, -0.2) is 40.5 Å². The van der Waals surface area contributed by atoms with E-state index >= 15 is 0 Å². The van der Waals surface area contributed by atoms with Crippen molar-refractivity contribution < 1.29 is 13.9 Å². The van der Waals surface area contributed by atoms with Crippen LogP contribution < -0.4 is 5.32 Å². The van der Waals surface area contributed by atoms with Crippen LogP contribution in [0, 0.1) is 12.8 Å². The molecule has 0 spiro atoms. The highest BCUT2D eigenvalue weighted by Crippen LogP contribution is 2.39. The number of nitrogens with zero attached hydrogens (tertiary/aromatic N) is 3. The number of carbonyl (C=O) groups is 1. The first-order chi connectivity index (χ1) is 12.1. The number of ether oxygens (including phenoxy) is 1. The molecule has 0 radical (unpaired) electrons. The van der Waals surface area contributed by atoms with E-state index in [9.17, 15) is 4.79 Å². The van der Waals surface area contributed by atoms with Crippen molar-refractivity contribution in [2.75, 3.05) is 25.1 Å². The molecule has 1 saturated carbocycles. The standard InChI is InChI=1S/C18H24N4O3/c1-12-3-6-17(25-12)16-11-24-8-7-21(16)18(23)20-15-9-19-22(10-15)13(2)14-4-5-14/h3,6,9-10,13-14,16H,4-5,7-8,11H2,1-2H3,(H,20,23). The predicted molar refractivity (Wildman–Crippen MR) is 92.4 cm³/mol. The molecule has 2 fully saturated rings. The zero-order valence-corrected chi connectivity index (χ0v) is 14.6. The number of amides is 2. The molecular weight excluding hydrogens is 320 g/mol. The van der Waals surface area contributed by atoms with Crippen LogP contribution >= 0.6 is 0 Å². The number of carbonyl (C=O) groups excluding carboxylic acids is 1. The highest BCUT2D eigenvalue weighted by atomic mass is 16.5. The van der Waals surface area contributed by atoms with E-state index in [0.717, 1.165) is 17.2 Å². The van der Waals surface area contributed by atoms with Crippen LogP contribution in [-0.2, 0) is 4.74 Å². The minimum absolute atomic E-state index is 0.152. The second kappa shape index (κ2) is 6.55. The van der Waals surface area contributed by atoms with E-state index in [0.29, 0.717) is 31.7 Å².